The minimum atomic E-state index is -1.09. The molecule has 2 aromatic rings. The van der Waals surface area contributed by atoms with Gasteiger partial charge in [0.2, 0.25) is 0 Å². The zero-order chi connectivity index (χ0) is 17.1. The fourth-order valence-corrected chi connectivity index (χ4v) is 2.89. The van der Waals surface area contributed by atoms with Gasteiger partial charge in [0.25, 0.3) is 5.91 Å². The summed E-state index contributed by atoms with van der Waals surface area (Å²) in [7, 11) is 0. The van der Waals surface area contributed by atoms with E-state index in [1.54, 1.807) is 36.4 Å². The highest BCUT2D eigenvalue weighted by molar-refractivity contribution is 8.18. The average molecular weight is 342 g/mol. The van der Waals surface area contributed by atoms with Gasteiger partial charge in [-0.1, -0.05) is 24.3 Å². The second kappa shape index (κ2) is 6.67. The first-order valence-corrected chi connectivity index (χ1v) is 7.72. The number of carboxylic acid groups (broad SMARTS) is 1. The number of hydrogen-bond donors (Lipinski definition) is 2. The van der Waals surface area contributed by atoms with E-state index in [0.29, 0.717) is 15.6 Å². The third-order valence-electron chi connectivity index (χ3n) is 3.18. The summed E-state index contributed by atoms with van der Waals surface area (Å²) in [6.07, 6.45) is 1.62. The lowest BCUT2D eigenvalue weighted by atomic mass is 10.2. The first kappa shape index (κ1) is 15.9. The van der Waals surface area contributed by atoms with E-state index in [1.165, 1.54) is 18.2 Å². The fourth-order valence-electron chi connectivity index (χ4n) is 2.05. The zero-order valence-electron chi connectivity index (χ0n) is 12.2. The van der Waals surface area contributed by atoms with Crippen LogP contribution in [0.5, 0.6) is 0 Å². The Bertz CT molecular complexity index is 876. The molecule has 1 aliphatic heterocycles. The molecule has 3 rings (SSSR count). The van der Waals surface area contributed by atoms with Crippen molar-refractivity contribution in [2.24, 2.45) is 4.99 Å². The van der Waals surface area contributed by atoms with Crippen molar-refractivity contribution in [1.29, 1.82) is 0 Å². The van der Waals surface area contributed by atoms with Crippen LogP contribution in [0.4, 0.5) is 10.1 Å². The van der Waals surface area contributed by atoms with Crippen LogP contribution in [-0.2, 0) is 4.79 Å². The number of halogens is 1. The average Bonchev–Trinajstić information content (AvgIpc) is 2.89. The maximum Gasteiger partial charge on any atom is 0.337 e. The van der Waals surface area contributed by atoms with Gasteiger partial charge in [-0.05, 0) is 47.7 Å². The lowest BCUT2D eigenvalue weighted by molar-refractivity contribution is -0.115. The summed E-state index contributed by atoms with van der Waals surface area (Å²) < 4.78 is 12.9. The minimum Gasteiger partial charge on any atom is -0.478 e. The Kier molecular flexibility index (Phi) is 4.43. The SMILES string of the molecule is O=C1NC(=Nc2ccccc2C(=O)O)SC1=Cc1ccc(F)cc1. The molecule has 120 valence electrons. The van der Waals surface area contributed by atoms with E-state index in [2.05, 4.69) is 10.3 Å². The Balaban J connectivity index is 1.87. The smallest absolute Gasteiger partial charge is 0.337 e. The van der Waals surface area contributed by atoms with E-state index in [0.717, 1.165) is 11.8 Å². The van der Waals surface area contributed by atoms with Gasteiger partial charge in [-0.3, -0.25) is 4.79 Å². The highest BCUT2D eigenvalue weighted by atomic mass is 32.2. The van der Waals surface area contributed by atoms with E-state index in [9.17, 15) is 14.0 Å². The molecule has 7 heteroatoms. The predicted octanol–water partition coefficient (Wildman–Crippen LogP) is 3.42. The number of para-hydroxylation sites is 1. The molecule has 0 aliphatic carbocycles. The third kappa shape index (κ3) is 3.52. The number of hydrogen-bond acceptors (Lipinski definition) is 4. The molecular formula is C17H11FN2O3S. The second-order valence-electron chi connectivity index (χ2n) is 4.86. The number of thioether (sulfide) groups is 1. The van der Waals surface area contributed by atoms with Crippen LogP contribution in [-0.4, -0.2) is 22.2 Å². The van der Waals surface area contributed by atoms with Crippen molar-refractivity contribution in [2.45, 2.75) is 0 Å². The molecule has 2 aromatic carbocycles. The molecule has 0 spiro atoms. The molecule has 0 unspecified atom stereocenters. The van der Waals surface area contributed by atoms with Gasteiger partial charge in [-0.2, -0.15) is 0 Å². The molecule has 1 aliphatic rings. The van der Waals surface area contributed by atoms with Crippen LogP contribution >= 0.6 is 11.8 Å². The molecule has 0 atom stereocenters. The highest BCUT2D eigenvalue weighted by Gasteiger charge is 2.24. The zero-order valence-corrected chi connectivity index (χ0v) is 13.0. The molecular weight excluding hydrogens is 331 g/mol. The van der Waals surface area contributed by atoms with E-state index in [1.807, 2.05) is 0 Å². The third-order valence-corrected chi connectivity index (χ3v) is 4.08. The normalized spacial score (nSPS) is 17.3. The summed E-state index contributed by atoms with van der Waals surface area (Å²) in [6.45, 7) is 0. The van der Waals surface area contributed by atoms with Gasteiger partial charge >= 0.3 is 5.97 Å². The Labute approximate surface area is 140 Å². The summed E-state index contributed by atoms with van der Waals surface area (Å²) in [6, 6.07) is 12.0. The molecule has 1 amide bonds. The molecule has 0 saturated carbocycles. The van der Waals surface area contributed by atoms with E-state index < -0.39 is 5.97 Å². The molecule has 1 fully saturated rings. The molecule has 5 nitrogen and oxygen atoms in total. The van der Waals surface area contributed by atoms with E-state index in [4.69, 9.17) is 5.11 Å². The van der Waals surface area contributed by atoms with Crippen LogP contribution in [0.2, 0.25) is 0 Å². The quantitative estimate of drug-likeness (QED) is 0.838. The Morgan fingerprint density at radius 1 is 1.17 bits per heavy atom. The predicted molar refractivity (Wildman–Crippen MR) is 90.6 cm³/mol. The molecule has 0 aromatic heterocycles. The van der Waals surface area contributed by atoms with Gasteiger partial charge in [0.05, 0.1) is 16.2 Å². The van der Waals surface area contributed by atoms with Gasteiger partial charge in [-0.15, -0.1) is 0 Å². The van der Waals surface area contributed by atoms with Gasteiger partial charge in [-0.25, -0.2) is 14.2 Å². The number of carbonyl (C=O) groups is 2. The van der Waals surface area contributed by atoms with Crippen LogP contribution in [0, 0.1) is 5.82 Å². The van der Waals surface area contributed by atoms with E-state index in [-0.39, 0.29) is 23.0 Å². The van der Waals surface area contributed by atoms with Crippen LogP contribution in [0.15, 0.2) is 58.4 Å². The molecule has 0 bridgehead atoms. The monoisotopic (exact) mass is 342 g/mol. The number of nitrogens with zero attached hydrogens (tertiary/aromatic N) is 1. The number of benzene rings is 2. The number of aliphatic imine (C=N–C) groups is 1. The molecule has 1 saturated heterocycles. The number of carbonyl (C=O) groups excluding carboxylic acids is 1. The first-order chi connectivity index (χ1) is 11.5. The number of amides is 1. The van der Waals surface area contributed by atoms with E-state index >= 15 is 0 Å². The Morgan fingerprint density at radius 2 is 1.88 bits per heavy atom. The summed E-state index contributed by atoms with van der Waals surface area (Å²) in [5.41, 5.74) is 0.993. The first-order valence-electron chi connectivity index (χ1n) is 6.90. The molecule has 24 heavy (non-hydrogen) atoms. The van der Waals surface area contributed by atoms with Gasteiger partial charge < -0.3 is 10.4 Å². The number of rotatable bonds is 3. The van der Waals surface area contributed by atoms with Crippen LogP contribution in [0.25, 0.3) is 6.08 Å². The summed E-state index contributed by atoms with van der Waals surface area (Å²) in [4.78, 5) is 27.8. The second-order valence-corrected chi connectivity index (χ2v) is 5.89. The van der Waals surface area contributed by atoms with Crippen LogP contribution < -0.4 is 5.32 Å². The molecule has 1 heterocycles. The lowest BCUT2D eigenvalue weighted by Gasteiger charge is -2.00. The molecule has 0 radical (unpaired) electrons. The summed E-state index contributed by atoms with van der Waals surface area (Å²) >= 11 is 1.10. The van der Waals surface area contributed by atoms with Crippen molar-refractivity contribution in [3.05, 3.63) is 70.4 Å². The highest BCUT2D eigenvalue weighted by Crippen LogP contribution is 2.29. The number of carboxylic acids is 1. The Hall–Kier alpha value is -2.93. The fraction of sp³-hybridized carbons (Fsp3) is 0. The maximum absolute atomic E-state index is 12.9. The molecule has 2 N–H and O–H groups in total. The van der Waals surface area contributed by atoms with Crippen LogP contribution in [0.3, 0.4) is 0 Å². The van der Waals surface area contributed by atoms with Gasteiger partial charge in [0.1, 0.15) is 5.82 Å². The number of nitrogens with one attached hydrogen (secondary N) is 1. The van der Waals surface area contributed by atoms with Crippen molar-refractivity contribution >= 4 is 40.6 Å². The maximum atomic E-state index is 12.9. The summed E-state index contributed by atoms with van der Waals surface area (Å²) in [5.74, 6) is -1.78. The van der Waals surface area contributed by atoms with Gasteiger partial charge in [0, 0.05) is 0 Å². The number of amidine groups is 1. The summed E-state index contributed by atoms with van der Waals surface area (Å²) in [5, 5.41) is 12.0. The van der Waals surface area contributed by atoms with Crippen molar-refractivity contribution in [1.82, 2.24) is 5.32 Å². The number of aromatic carboxylic acids is 1. The standard InChI is InChI=1S/C17H11FN2O3S/c18-11-7-5-10(6-8-11)9-14-15(21)20-17(24-14)19-13-4-2-1-3-12(13)16(22)23/h1-9H,(H,22,23)(H,19,20,21). The van der Waals surface area contributed by atoms with Crippen molar-refractivity contribution in [3.63, 3.8) is 0 Å². The van der Waals surface area contributed by atoms with Crippen molar-refractivity contribution in [3.8, 4) is 0 Å². The topological polar surface area (TPSA) is 78.8 Å². The minimum absolute atomic E-state index is 0.0517. The van der Waals surface area contributed by atoms with Crippen molar-refractivity contribution in [2.75, 3.05) is 0 Å². The Morgan fingerprint density at radius 3 is 2.58 bits per heavy atom. The van der Waals surface area contributed by atoms with Gasteiger partial charge in [0.15, 0.2) is 5.17 Å². The van der Waals surface area contributed by atoms with Crippen LogP contribution in [0.1, 0.15) is 15.9 Å². The largest absolute Gasteiger partial charge is 0.478 e. The lowest BCUT2D eigenvalue weighted by Crippen LogP contribution is -2.19. The van der Waals surface area contributed by atoms with Crippen molar-refractivity contribution < 1.29 is 19.1 Å².